The molecular weight excluding hydrogens is 398 g/mol. The SMILES string of the molecule is Cn1cc(C(=O)c2ccccc2)c2cc(C(=O)NCCc3c[nH]c4ccccc34)ccc21. The van der Waals surface area contributed by atoms with Crippen LogP contribution in [0.15, 0.2) is 85.2 Å². The first kappa shape index (κ1) is 19.8. The number of hydrogen-bond donors (Lipinski definition) is 2. The van der Waals surface area contributed by atoms with Crippen molar-refractivity contribution in [2.24, 2.45) is 7.05 Å². The lowest BCUT2D eigenvalue weighted by molar-refractivity contribution is 0.0953. The van der Waals surface area contributed by atoms with E-state index in [0.29, 0.717) is 23.2 Å². The predicted molar refractivity (Wildman–Crippen MR) is 127 cm³/mol. The van der Waals surface area contributed by atoms with Crippen LogP contribution in [-0.2, 0) is 13.5 Å². The minimum atomic E-state index is -0.145. The van der Waals surface area contributed by atoms with Crippen LogP contribution in [-0.4, -0.2) is 27.8 Å². The van der Waals surface area contributed by atoms with Gasteiger partial charge in [-0.15, -0.1) is 0 Å². The quantitative estimate of drug-likeness (QED) is 0.385. The molecule has 0 atom stereocenters. The summed E-state index contributed by atoms with van der Waals surface area (Å²) in [7, 11) is 1.91. The normalized spacial score (nSPS) is 11.2. The van der Waals surface area contributed by atoms with Crippen LogP contribution in [0.1, 0.15) is 31.8 Å². The number of rotatable bonds is 6. The molecule has 32 heavy (non-hydrogen) atoms. The van der Waals surface area contributed by atoms with Crippen molar-refractivity contribution in [3.05, 3.63) is 107 Å². The summed E-state index contributed by atoms with van der Waals surface area (Å²) in [6.45, 7) is 0.531. The molecule has 2 N–H and O–H groups in total. The van der Waals surface area contributed by atoms with Gasteiger partial charge < -0.3 is 14.9 Å². The van der Waals surface area contributed by atoms with Gasteiger partial charge in [-0.05, 0) is 36.2 Å². The van der Waals surface area contributed by atoms with Gasteiger partial charge in [0.1, 0.15) is 0 Å². The van der Waals surface area contributed by atoms with Gasteiger partial charge in [0.05, 0.1) is 0 Å². The van der Waals surface area contributed by atoms with Crippen molar-refractivity contribution < 1.29 is 9.59 Å². The van der Waals surface area contributed by atoms with E-state index in [4.69, 9.17) is 0 Å². The molecule has 0 spiro atoms. The average Bonchev–Trinajstić information content (AvgIpc) is 3.40. The first-order chi connectivity index (χ1) is 15.6. The number of aromatic amines is 1. The molecule has 5 heteroatoms. The lowest BCUT2D eigenvalue weighted by Crippen LogP contribution is -2.25. The number of H-pyrrole nitrogens is 1. The second-order valence-corrected chi connectivity index (χ2v) is 7.95. The Balaban J connectivity index is 1.36. The Kier molecular flexibility index (Phi) is 5.07. The number of para-hydroxylation sites is 1. The van der Waals surface area contributed by atoms with Gasteiger partial charge in [-0.3, -0.25) is 9.59 Å². The number of hydrogen-bond acceptors (Lipinski definition) is 2. The molecular formula is C27H23N3O2. The Morgan fingerprint density at radius 3 is 2.53 bits per heavy atom. The van der Waals surface area contributed by atoms with Crippen molar-refractivity contribution in [1.82, 2.24) is 14.9 Å². The standard InChI is InChI=1S/C27H23N3O2/c1-30-17-23(26(31)18-7-3-2-4-8-18)22-15-19(11-12-25(22)30)27(32)28-14-13-20-16-29-24-10-6-5-9-21(20)24/h2-12,15-17,29H,13-14H2,1H3,(H,28,32). The molecule has 158 valence electrons. The van der Waals surface area contributed by atoms with Crippen LogP contribution in [0.25, 0.3) is 21.8 Å². The van der Waals surface area contributed by atoms with Crippen molar-refractivity contribution in [3.8, 4) is 0 Å². The summed E-state index contributed by atoms with van der Waals surface area (Å²) in [5.74, 6) is -0.193. The molecule has 0 fully saturated rings. The fourth-order valence-corrected chi connectivity index (χ4v) is 4.21. The van der Waals surface area contributed by atoms with Gasteiger partial charge in [-0.2, -0.15) is 0 Å². The zero-order chi connectivity index (χ0) is 22.1. The third-order valence-electron chi connectivity index (χ3n) is 5.89. The van der Waals surface area contributed by atoms with E-state index < -0.39 is 0 Å². The highest BCUT2D eigenvalue weighted by atomic mass is 16.1. The smallest absolute Gasteiger partial charge is 0.251 e. The fraction of sp³-hybridized carbons (Fsp3) is 0.111. The summed E-state index contributed by atoms with van der Waals surface area (Å²) in [6.07, 6.45) is 4.56. The summed E-state index contributed by atoms with van der Waals surface area (Å²) in [5.41, 5.74) is 4.97. The van der Waals surface area contributed by atoms with Crippen molar-refractivity contribution in [3.63, 3.8) is 0 Å². The van der Waals surface area contributed by atoms with Crippen molar-refractivity contribution in [2.75, 3.05) is 6.54 Å². The molecule has 0 unspecified atom stereocenters. The molecule has 5 rings (SSSR count). The van der Waals surface area contributed by atoms with Crippen molar-refractivity contribution >= 4 is 33.5 Å². The highest BCUT2D eigenvalue weighted by Gasteiger charge is 2.17. The lowest BCUT2D eigenvalue weighted by atomic mass is 10.0. The number of ketones is 1. The average molecular weight is 422 g/mol. The van der Waals surface area contributed by atoms with Crippen molar-refractivity contribution in [1.29, 1.82) is 0 Å². The molecule has 0 saturated heterocycles. The number of aromatic nitrogens is 2. The summed E-state index contributed by atoms with van der Waals surface area (Å²) >= 11 is 0. The molecule has 0 bridgehead atoms. The molecule has 5 aromatic rings. The van der Waals surface area contributed by atoms with E-state index in [-0.39, 0.29) is 11.7 Å². The highest BCUT2D eigenvalue weighted by molar-refractivity contribution is 6.17. The largest absolute Gasteiger partial charge is 0.361 e. The third-order valence-corrected chi connectivity index (χ3v) is 5.89. The zero-order valence-corrected chi connectivity index (χ0v) is 17.8. The van der Waals surface area contributed by atoms with Crippen LogP contribution in [0.4, 0.5) is 0 Å². The highest BCUT2D eigenvalue weighted by Crippen LogP contribution is 2.25. The number of benzene rings is 3. The topological polar surface area (TPSA) is 66.9 Å². The number of aryl methyl sites for hydroxylation is 1. The summed E-state index contributed by atoms with van der Waals surface area (Å²) in [6, 6.07) is 22.9. The molecule has 0 radical (unpaired) electrons. The zero-order valence-electron chi connectivity index (χ0n) is 17.8. The van der Waals surface area contributed by atoms with Crippen LogP contribution in [0.3, 0.4) is 0 Å². The molecule has 0 aliphatic heterocycles. The van der Waals surface area contributed by atoms with Crippen molar-refractivity contribution in [2.45, 2.75) is 6.42 Å². The van der Waals surface area contributed by atoms with E-state index in [9.17, 15) is 9.59 Å². The Hall–Kier alpha value is -4.12. The minimum Gasteiger partial charge on any atom is -0.361 e. The monoisotopic (exact) mass is 421 g/mol. The van der Waals surface area contributed by atoms with Crippen LogP contribution in [0.5, 0.6) is 0 Å². The Bertz CT molecular complexity index is 1440. The maximum absolute atomic E-state index is 13.0. The third kappa shape index (κ3) is 3.58. The second kappa shape index (κ2) is 8.19. The fourth-order valence-electron chi connectivity index (χ4n) is 4.21. The molecule has 0 saturated carbocycles. The number of fused-ring (bicyclic) bond motifs is 2. The molecule has 2 heterocycles. The molecule has 3 aromatic carbocycles. The number of nitrogens with one attached hydrogen (secondary N) is 2. The molecule has 5 nitrogen and oxygen atoms in total. The second-order valence-electron chi connectivity index (χ2n) is 7.95. The maximum atomic E-state index is 13.0. The summed E-state index contributed by atoms with van der Waals surface area (Å²) < 4.78 is 1.92. The predicted octanol–water partition coefficient (Wildman–Crippen LogP) is 4.86. The Labute approximate surface area is 185 Å². The van der Waals surface area contributed by atoms with Crippen LogP contribution < -0.4 is 5.32 Å². The van der Waals surface area contributed by atoms with E-state index in [1.807, 2.05) is 84.7 Å². The summed E-state index contributed by atoms with van der Waals surface area (Å²) in [5, 5.41) is 4.97. The van der Waals surface area contributed by atoms with Gasteiger partial charge in [0.2, 0.25) is 0 Å². The van der Waals surface area contributed by atoms with Crippen LogP contribution >= 0.6 is 0 Å². The minimum absolute atomic E-state index is 0.0481. The molecule has 1 amide bonds. The Morgan fingerprint density at radius 2 is 1.69 bits per heavy atom. The number of amides is 1. The number of carbonyl (C=O) groups is 2. The van der Waals surface area contributed by atoms with Gasteiger partial charge in [0, 0.05) is 64.5 Å². The van der Waals surface area contributed by atoms with Crippen LogP contribution in [0, 0.1) is 0 Å². The van der Waals surface area contributed by atoms with E-state index >= 15 is 0 Å². The molecule has 2 aromatic heterocycles. The lowest BCUT2D eigenvalue weighted by Gasteiger charge is -2.06. The molecule has 0 aliphatic carbocycles. The maximum Gasteiger partial charge on any atom is 0.251 e. The molecule has 0 aliphatic rings. The van der Waals surface area contributed by atoms with E-state index in [0.717, 1.165) is 22.8 Å². The van der Waals surface area contributed by atoms with E-state index in [2.05, 4.69) is 16.4 Å². The van der Waals surface area contributed by atoms with Gasteiger partial charge in [-0.1, -0.05) is 48.5 Å². The first-order valence-electron chi connectivity index (χ1n) is 10.6. The summed E-state index contributed by atoms with van der Waals surface area (Å²) in [4.78, 5) is 29.1. The first-order valence-corrected chi connectivity index (χ1v) is 10.6. The van der Waals surface area contributed by atoms with Crippen LogP contribution in [0.2, 0.25) is 0 Å². The Morgan fingerprint density at radius 1 is 0.906 bits per heavy atom. The number of nitrogens with zero attached hydrogens (tertiary/aromatic N) is 1. The van der Waals surface area contributed by atoms with Gasteiger partial charge in [0.25, 0.3) is 5.91 Å². The van der Waals surface area contributed by atoms with Gasteiger partial charge in [-0.25, -0.2) is 0 Å². The van der Waals surface area contributed by atoms with Gasteiger partial charge >= 0.3 is 0 Å². The van der Waals surface area contributed by atoms with E-state index in [1.54, 1.807) is 6.07 Å². The van der Waals surface area contributed by atoms with Gasteiger partial charge in [0.15, 0.2) is 5.78 Å². The van der Waals surface area contributed by atoms with E-state index in [1.165, 1.54) is 10.9 Å². The number of carbonyl (C=O) groups excluding carboxylic acids is 2.